The van der Waals surface area contributed by atoms with Gasteiger partial charge in [0.2, 0.25) is 13.1 Å². The molecule has 1 aliphatic carbocycles. The number of unbranched alkanes of at least 4 members (excludes halogenated alkanes) is 2. The summed E-state index contributed by atoms with van der Waals surface area (Å²) in [5.41, 5.74) is 7.78. The standard InChI is InChI=1S/C36H40N2O5/c1-2-3-6-17-40-35-22-28(26-10-11-31-29(19-26)20-27-7-4-5-8-30(27)31)21-34(43-35)36(39)38-15-13-37(14-16-38)23-25-9-12-32-33(18-25)42-24-41-32/h4-5,7-12,18-19,21,28,35H,2-3,6,13-17,20,22-24H2,1H3/t28-,35+/m1/s1. The van der Waals surface area contributed by atoms with Crippen LogP contribution in [0.1, 0.15) is 60.8 Å². The van der Waals surface area contributed by atoms with E-state index in [2.05, 4.69) is 66.4 Å². The lowest BCUT2D eigenvalue weighted by Crippen LogP contribution is -2.49. The van der Waals surface area contributed by atoms with E-state index in [9.17, 15) is 4.79 Å². The molecule has 0 unspecified atom stereocenters. The minimum atomic E-state index is -0.427. The number of hydrogen-bond acceptors (Lipinski definition) is 6. The highest BCUT2D eigenvalue weighted by atomic mass is 16.7. The second-order valence-corrected chi connectivity index (χ2v) is 12.0. The number of ether oxygens (including phenoxy) is 4. The molecular formula is C36H40N2O5. The smallest absolute Gasteiger partial charge is 0.288 e. The van der Waals surface area contributed by atoms with E-state index in [1.807, 2.05) is 17.0 Å². The van der Waals surface area contributed by atoms with Gasteiger partial charge in [0.1, 0.15) is 0 Å². The van der Waals surface area contributed by atoms with E-state index in [0.29, 0.717) is 31.9 Å². The van der Waals surface area contributed by atoms with Crippen LogP contribution in [0.5, 0.6) is 11.5 Å². The van der Waals surface area contributed by atoms with Gasteiger partial charge in [-0.3, -0.25) is 9.69 Å². The molecule has 3 heterocycles. The Morgan fingerprint density at radius 3 is 2.63 bits per heavy atom. The maximum absolute atomic E-state index is 13.8. The van der Waals surface area contributed by atoms with E-state index in [1.165, 1.54) is 33.4 Å². The predicted molar refractivity (Wildman–Crippen MR) is 165 cm³/mol. The van der Waals surface area contributed by atoms with Crippen LogP contribution in [0.2, 0.25) is 0 Å². The molecule has 1 saturated heterocycles. The maximum atomic E-state index is 13.8. The number of allylic oxidation sites excluding steroid dienone is 1. The summed E-state index contributed by atoms with van der Waals surface area (Å²) in [6.07, 6.45) is 6.53. The number of amides is 1. The van der Waals surface area contributed by atoms with Crippen LogP contribution in [0.3, 0.4) is 0 Å². The Hall–Kier alpha value is -3.81. The Labute approximate surface area is 254 Å². The molecule has 3 aromatic rings. The number of piperazine rings is 1. The summed E-state index contributed by atoms with van der Waals surface area (Å²) in [5.74, 6) is 2.05. The molecule has 3 aromatic carbocycles. The zero-order valence-corrected chi connectivity index (χ0v) is 24.9. The molecule has 7 nitrogen and oxygen atoms in total. The summed E-state index contributed by atoms with van der Waals surface area (Å²) >= 11 is 0. The van der Waals surface area contributed by atoms with Crippen molar-refractivity contribution in [3.8, 4) is 22.6 Å². The van der Waals surface area contributed by atoms with E-state index in [-0.39, 0.29) is 18.6 Å². The number of carbonyl (C=O) groups is 1. The van der Waals surface area contributed by atoms with Gasteiger partial charge in [-0.15, -0.1) is 0 Å². The van der Waals surface area contributed by atoms with Crippen molar-refractivity contribution in [1.82, 2.24) is 9.80 Å². The van der Waals surface area contributed by atoms with Crippen LogP contribution in [0.4, 0.5) is 0 Å². The fourth-order valence-electron chi connectivity index (χ4n) is 6.67. The van der Waals surface area contributed by atoms with Crippen molar-refractivity contribution in [1.29, 1.82) is 0 Å². The van der Waals surface area contributed by atoms with Crippen LogP contribution < -0.4 is 9.47 Å². The van der Waals surface area contributed by atoms with Gasteiger partial charge >= 0.3 is 0 Å². The Morgan fingerprint density at radius 1 is 0.907 bits per heavy atom. The van der Waals surface area contributed by atoms with E-state index in [4.69, 9.17) is 18.9 Å². The predicted octanol–water partition coefficient (Wildman–Crippen LogP) is 6.25. The number of rotatable bonds is 9. The highest BCUT2D eigenvalue weighted by Crippen LogP contribution is 2.40. The van der Waals surface area contributed by atoms with Gasteiger partial charge in [0.25, 0.3) is 5.91 Å². The van der Waals surface area contributed by atoms with Gasteiger partial charge in [0.15, 0.2) is 17.3 Å². The van der Waals surface area contributed by atoms with Crippen LogP contribution in [0.15, 0.2) is 72.5 Å². The lowest BCUT2D eigenvalue weighted by Gasteiger charge is -2.36. The van der Waals surface area contributed by atoms with Crippen molar-refractivity contribution in [3.05, 3.63) is 94.8 Å². The highest BCUT2D eigenvalue weighted by molar-refractivity contribution is 5.92. The Kier molecular flexibility index (Phi) is 8.09. The number of fused-ring (bicyclic) bond motifs is 4. The molecule has 4 aliphatic rings. The lowest BCUT2D eigenvalue weighted by molar-refractivity contribution is -0.153. The first-order chi connectivity index (χ1) is 21.1. The van der Waals surface area contributed by atoms with Crippen LogP contribution in [-0.2, 0) is 27.2 Å². The maximum Gasteiger partial charge on any atom is 0.288 e. The SMILES string of the molecule is CCCCCO[C@@H]1C[C@H](c2ccc3c(c2)Cc2ccccc2-3)C=C(C(=O)N2CCN(Cc3ccc4c(c3)OCO4)CC2)O1. The number of benzene rings is 3. The minimum Gasteiger partial charge on any atom is -0.459 e. The van der Waals surface area contributed by atoms with Gasteiger partial charge in [0.05, 0.1) is 6.61 Å². The summed E-state index contributed by atoms with van der Waals surface area (Å²) in [6, 6.07) is 21.6. The second kappa shape index (κ2) is 12.4. The third kappa shape index (κ3) is 6.01. The van der Waals surface area contributed by atoms with Crippen LogP contribution in [0.25, 0.3) is 11.1 Å². The second-order valence-electron chi connectivity index (χ2n) is 12.0. The third-order valence-corrected chi connectivity index (χ3v) is 9.07. The molecule has 43 heavy (non-hydrogen) atoms. The van der Waals surface area contributed by atoms with E-state index < -0.39 is 6.29 Å². The summed E-state index contributed by atoms with van der Waals surface area (Å²) in [7, 11) is 0. The molecule has 7 heteroatoms. The number of nitrogens with zero attached hydrogens (tertiary/aromatic N) is 2. The van der Waals surface area contributed by atoms with Crippen molar-refractivity contribution in [2.45, 2.75) is 57.8 Å². The van der Waals surface area contributed by atoms with Gasteiger partial charge in [-0.2, -0.15) is 0 Å². The number of hydrogen-bond donors (Lipinski definition) is 0. The molecule has 224 valence electrons. The fourth-order valence-corrected chi connectivity index (χ4v) is 6.67. The van der Waals surface area contributed by atoms with Crippen molar-refractivity contribution in [3.63, 3.8) is 0 Å². The van der Waals surface area contributed by atoms with Crippen LogP contribution in [0, 0.1) is 0 Å². The summed E-state index contributed by atoms with van der Waals surface area (Å²) < 4.78 is 23.4. The molecule has 3 aliphatic heterocycles. The fraction of sp³-hybridized carbons (Fsp3) is 0.417. The highest BCUT2D eigenvalue weighted by Gasteiger charge is 2.33. The molecule has 0 saturated carbocycles. The minimum absolute atomic E-state index is 0.0387. The van der Waals surface area contributed by atoms with Gasteiger partial charge in [0, 0.05) is 45.1 Å². The molecule has 0 radical (unpaired) electrons. The normalized spacial score (nSPS) is 20.8. The van der Waals surface area contributed by atoms with Gasteiger partial charge < -0.3 is 23.8 Å². The van der Waals surface area contributed by atoms with E-state index in [0.717, 1.165) is 56.8 Å². The van der Waals surface area contributed by atoms with E-state index >= 15 is 0 Å². The summed E-state index contributed by atoms with van der Waals surface area (Å²) in [4.78, 5) is 18.1. The Balaban J connectivity index is 1.04. The lowest BCUT2D eigenvalue weighted by atomic mass is 9.90. The Morgan fingerprint density at radius 2 is 1.74 bits per heavy atom. The zero-order valence-electron chi connectivity index (χ0n) is 24.9. The summed E-state index contributed by atoms with van der Waals surface area (Å²) in [5, 5.41) is 0. The molecular weight excluding hydrogens is 540 g/mol. The Bertz CT molecular complexity index is 1510. The third-order valence-electron chi connectivity index (χ3n) is 9.07. The summed E-state index contributed by atoms with van der Waals surface area (Å²) in [6.45, 7) is 6.86. The van der Waals surface area contributed by atoms with Crippen LogP contribution in [-0.4, -0.2) is 61.6 Å². The zero-order chi connectivity index (χ0) is 29.2. The monoisotopic (exact) mass is 580 g/mol. The largest absolute Gasteiger partial charge is 0.459 e. The average molecular weight is 581 g/mol. The first kappa shape index (κ1) is 28.0. The first-order valence-electron chi connectivity index (χ1n) is 15.8. The average Bonchev–Trinajstić information content (AvgIpc) is 3.67. The molecule has 2 atom stereocenters. The first-order valence-corrected chi connectivity index (χ1v) is 15.8. The van der Waals surface area contributed by atoms with Crippen molar-refractivity contribution in [2.24, 2.45) is 0 Å². The van der Waals surface area contributed by atoms with Gasteiger partial charge in [-0.25, -0.2) is 0 Å². The molecule has 1 fully saturated rings. The van der Waals surface area contributed by atoms with Crippen molar-refractivity contribution >= 4 is 5.91 Å². The quantitative estimate of drug-likeness (QED) is 0.218. The molecule has 0 aromatic heterocycles. The van der Waals surface area contributed by atoms with Crippen molar-refractivity contribution in [2.75, 3.05) is 39.6 Å². The molecule has 0 spiro atoms. The molecule has 0 N–H and O–H groups in total. The topological polar surface area (TPSA) is 60.5 Å². The van der Waals surface area contributed by atoms with Crippen molar-refractivity contribution < 1.29 is 23.7 Å². The molecule has 7 rings (SSSR count). The molecule has 0 bridgehead atoms. The van der Waals surface area contributed by atoms with E-state index in [1.54, 1.807) is 0 Å². The van der Waals surface area contributed by atoms with Gasteiger partial charge in [-0.05, 0) is 64.4 Å². The molecule has 1 amide bonds. The number of carbonyl (C=O) groups excluding carboxylic acids is 1. The van der Waals surface area contributed by atoms with Gasteiger partial charge in [-0.1, -0.05) is 68.3 Å². The van der Waals surface area contributed by atoms with Crippen LogP contribution >= 0.6 is 0 Å².